The van der Waals surface area contributed by atoms with Gasteiger partial charge < -0.3 is 28.4 Å². The lowest BCUT2D eigenvalue weighted by atomic mass is 9.97. The Morgan fingerprint density at radius 1 is 0.867 bits per heavy atom. The van der Waals surface area contributed by atoms with Gasteiger partial charge in [0, 0.05) is 50.0 Å². The third kappa shape index (κ3) is 12.7. The van der Waals surface area contributed by atoms with Crippen molar-refractivity contribution < 1.29 is 50.0 Å². The Bertz CT molecular complexity index is 2310. The van der Waals surface area contributed by atoms with Gasteiger partial charge in [-0.2, -0.15) is 22.8 Å². The molecule has 1 fully saturated rings. The quantitative estimate of drug-likeness (QED) is 0.0705. The first-order valence-corrected chi connectivity index (χ1v) is 21.1. The van der Waals surface area contributed by atoms with Gasteiger partial charge in [0.25, 0.3) is 10.0 Å². The molecule has 19 heteroatoms. The number of aromatic nitrogens is 3. The van der Waals surface area contributed by atoms with E-state index in [-0.39, 0.29) is 33.2 Å². The van der Waals surface area contributed by atoms with Crippen LogP contribution in [0.3, 0.4) is 0 Å². The molecule has 1 aliphatic heterocycles. The summed E-state index contributed by atoms with van der Waals surface area (Å²) >= 11 is 0.856. The lowest BCUT2D eigenvalue weighted by Gasteiger charge is -2.18. The summed E-state index contributed by atoms with van der Waals surface area (Å²) in [4.78, 5) is 10.5. The van der Waals surface area contributed by atoms with Gasteiger partial charge in [-0.15, -0.1) is 0 Å². The van der Waals surface area contributed by atoms with Crippen molar-refractivity contribution in [3.05, 3.63) is 102 Å². The number of benzene rings is 3. The molecule has 2 aromatic heterocycles. The first kappa shape index (κ1) is 44.5. The molecule has 0 spiro atoms. The minimum atomic E-state index is -4.54. The largest absolute Gasteiger partial charge is 0.455 e. The third-order valence-corrected chi connectivity index (χ3v) is 11.2. The molecule has 1 saturated heterocycles. The van der Waals surface area contributed by atoms with Crippen molar-refractivity contribution in [2.75, 3.05) is 77.8 Å². The van der Waals surface area contributed by atoms with E-state index < -0.39 is 21.8 Å². The van der Waals surface area contributed by atoms with E-state index in [4.69, 9.17) is 28.4 Å². The van der Waals surface area contributed by atoms with Gasteiger partial charge in [-0.25, -0.2) is 13.4 Å². The number of hydrogen-bond donors (Lipinski definition) is 1. The first-order valence-electron chi connectivity index (χ1n) is 18.9. The summed E-state index contributed by atoms with van der Waals surface area (Å²) in [7, 11) is -2.48. The van der Waals surface area contributed by atoms with E-state index in [9.17, 15) is 26.9 Å². The molecule has 3 heterocycles. The van der Waals surface area contributed by atoms with E-state index in [0.29, 0.717) is 88.2 Å². The van der Waals surface area contributed by atoms with Crippen molar-refractivity contribution in [2.24, 2.45) is 0 Å². The molecule has 3 aromatic carbocycles. The van der Waals surface area contributed by atoms with Gasteiger partial charge in [0.2, 0.25) is 5.13 Å². The maximum Gasteiger partial charge on any atom is 0.416 e. The smallest absolute Gasteiger partial charge is 0.416 e. The average Bonchev–Trinajstić information content (AvgIpc) is 3.93. The van der Waals surface area contributed by atoms with Gasteiger partial charge in [-0.3, -0.25) is 14.6 Å². The fraction of sp³-hybridized carbons (Fsp3) is 0.366. The van der Waals surface area contributed by atoms with E-state index >= 15 is 0 Å². The molecule has 14 nitrogen and oxygen atoms in total. The average molecular weight is 869 g/mol. The van der Waals surface area contributed by atoms with Gasteiger partial charge in [-0.1, -0.05) is 18.2 Å². The van der Waals surface area contributed by atoms with Crippen molar-refractivity contribution in [1.82, 2.24) is 19.2 Å². The van der Waals surface area contributed by atoms with Gasteiger partial charge in [0.1, 0.15) is 23.9 Å². The summed E-state index contributed by atoms with van der Waals surface area (Å²) in [6, 6.07) is 19.5. The van der Waals surface area contributed by atoms with E-state index in [0.717, 1.165) is 42.3 Å². The van der Waals surface area contributed by atoms with Crippen LogP contribution in [-0.4, -0.2) is 107 Å². The van der Waals surface area contributed by atoms with Crippen LogP contribution in [0.5, 0.6) is 11.5 Å². The molecule has 0 aliphatic carbocycles. The summed E-state index contributed by atoms with van der Waals surface area (Å²) in [6.45, 7) is 5.87. The fourth-order valence-electron chi connectivity index (χ4n) is 6.26. The summed E-state index contributed by atoms with van der Waals surface area (Å²) < 4.78 is 107. The predicted octanol–water partition coefficient (Wildman–Crippen LogP) is 7.04. The molecule has 60 heavy (non-hydrogen) atoms. The van der Waals surface area contributed by atoms with Crippen molar-refractivity contribution in [1.29, 1.82) is 5.26 Å². The number of sulfonamides is 1. The zero-order valence-electron chi connectivity index (χ0n) is 32.6. The zero-order valence-corrected chi connectivity index (χ0v) is 34.2. The molecule has 0 amide bonds. The van der Waals surface area contributed by atoms with Crippen molar-refractivity contribution >= 4 is 26.7 Å². The highest BCUT2D eigenvalue weighted by Crippen LogP contribution is 2.40. The monoisotopic (exact) mass is 868 g/mol. The zero-order chi connectivity index (χ0) is 42.4. The lowest BCUT2D eigenvalue weighted by molar-refractivity contribution is -0.137. The molecule has 1 N–H and O–H groups in total. The minimum absolute atomic E-state index is 0.0253. The van der Waals surface area contributed by atoms with Crippen molar-refractivity contribution in [2.45, 2.75) is 30.1 Å². The first-order chi connectivity index (χ1) is 29.0. The second kappa shape index (κ2) is 21.5. The number of nitriles is 1. The van der Waals surface area contributed by atoms with Crippen LogP contribution in [-0.2, 0) is 46.4 Å². The molecule has 0 bridgehead atoms. The molecule has 5 aromatic rings. The SMILES string of the molecule is COCCOCCOCCOCCO[C@@H]1CCN(Cc2cc(-c3cc(-c4cccc(C(F)(F)F)c4)ccc3Oc3ccc(S(=O)(=O)Nc4ncns4)cc3C#N)ccn2)C1. The normalized spacial score (nSPS) is 14.6. The van der Waals surface area contributed by atoms with Gasteiger partial charge in [-0.05, 0) is 77.7 Å². The maximum atomic E-state index is 13.7. The molecule has 1 aliphatic rings. The number of hydrogen-bond acceptors (Lipinski definition) is 14. The minimum Gasteiger partial charge on any atom is -0.455 e. The molecule has 0 radical (unpaired) electrons. The van der Waals surface area contributed by atoms with Crippen LogP contribution in [0.4, 0.5) is 18.3 Å². The van der Waals surface area contributed by atoms with Gasteiger partial charge >= 0.3 is 6.18 Å². The summed E-state index contributed by atoms with van der Waals surface area (Å²) in [5.74, 6) is 0.341. The Hall–Kier alpha value is -5.04. The number of halogens is 3. The van der Waals surface area contributed by atoms with Crippen molar-refractivity contribution in [3.63, 3.8) is 0 Å². The standard InChI is InChI=1S/C41H43F3N6O8S2/c1-53-13-14-54-15-16-55-17-18-56-19-20-57-35-10-12-50(27-35)26-34-22-31(9-11-46-34)37-24-30(29-3-2-4-33(21-29)41(42,43)44)5-7-39(37)58-38-8-6-36(23-32(38)25-45)60(51,52)49-40-47-28-48-59-40/h2-9,11,21-24,28,35H,10,12-20,26-27H2,1H3,(H,47,48,49)/t35-/m1/s1. The molecule has 318 valence electrons. The highest BCUT2D eigenvalue weighted by molar-refractivity contribution is 7.93. The lowest BCUT2D eigenvalue weighted by Crippen LogP contribution is -2.24. The molecular weight excluding hydrogens is 826 g/mol. The summed E-state index contributed by atoms with van der Waals surface area (Å²) in [5.41, 5.74) is 1.88. The highest BCUT2D eigenvalue weighted by atomic mass is 32.2. The Morgan fingerprint density at radius 3 is 2.32 bits per heavy atom. The number of nitrogens with one attached hydrogen (secondary N) is 1. The number of rotatable bonds is 22. The van der Waals surface area contributed by atoms with Crippen LogP contribution >= 0.6 is 11.5 Å². The Kier molecular flexibility index (Phi) is 15.9. The Balaban J connectivity index is 1.14. The molecule has 0 saturated carbocycles. The number of methoxy groups -OCH3 is 1. The second-order valence-corrected chi connectivity index (χ2v) is 15.9. The van der Waals surface area contributed by atoms with Gasteiger partial charge in [0.15, 0.2) is 0 Å². The molecular formula is C41H43F3N6O8S2. The third-order valence-electron chi connectivity index (χ3n) is 9.19. The van der Waals surface area contributed by atoms with Crippen LogP contribution < -0.4 is 9.46 Å². The fourth-order valence-corrected chi connectivity index (χ4v) is 7.95. The van der Waals surface area contributed by atoms with Crippen LogP contribution in [0.1, 0.15) is 23.2 Å². The van der Waals surface area contributed by atoms with E-state index in [2.05, 4.69) is 24.0 Å². The summed E-state index contributed by atoms with van der Waals surface area (Å²) in [5, 5.41) is 10.1. The second-order valence-electron chi connectivity index (χ2n) is 13.4. The number of ether oxygens (including phenoxy) is 6. The Morgan fingerprint density at radius 2 is 1.60 bits per heavy atom. The van der Waals surface area contributed by atoms with Crippen LogP contribution in [0, 0.1) is 11.3 Å². The number of likely N-dealkylation sites (tertiary alicyclic amines) is 1. The molecule has 0 unspecified atom stereocenters. The topological polar surface area (TPSA) is 167 Å². The number of pyridine rings is 1. The van der Waals surface area contributed by atoms with Crippen LogP contribution in [0.25, 0.3) is 22.3 Å². The van der Waals surface area contributed by atoms with Crippen LogP contribution in [0.15, 0.2) is 90.2 Å². The number of nitrogens with zero attached hydrogens (tertiary/aromatic N) is 5. The Labute approximate surface area is 350 Å². The molecule has 1 atom stereocenters. The van der Waals surface area contributed by atoms with Gasteiger partial charge in [0.05, 0.1) is 80.7 Å². The van der Waals surface area contributed by atoms with Crippen molar-refractivity contribution in [3.8, 4) is 39.8 Å². The number of anilines is 1. The summed E-state index contributed by atoms with van der Waals surface area (Å²) in [6.07, 6.45) is -0.815. The van der Waals surface area contributed by atoms with E-state index in [1.165, 1.54) is 30.6 Å². The van der Waals surface area contributed by atoms with E-state index in [1.807, 2.05) is 12.1 Å². The van der Waals surface area contributed by atoms with Crippen LogP contribution in [0.2, 0.25) is 0 Å². The predicted molar refractivity (Wildman–Crippen MR) is 216 cm³/mol. The highest BCUT2D eigenvalue weighted by Gasteiger charge is 2.30. The van der Waals surface area contributed by atoms with E-state index in [1.54, 1.807) is 43.6 Å². The maximum absolute atomic E-state index is 13.7. The number of alkyl halides is 3. The molecule has 6 rings (SSSR count).